The van der Waals surface area contributed by atoms with Crippen LogP contribution in [-0.2, 0) is 14.3 Å². The Hall–Kier alpha value is -1.12. The number of rotatable bonds is 2. The molecule has 0 bridgehead atoms. The van der Waals surface area contributed by atoms with E-state index >= 15 is 0 Å². The molecule has 0 saturated carbocycles. The van der Waals surface area contributed by atoms with Gasteiger partial charge in [0.2, 0.25) is 0 Å². The summed E-state index contributed by atoms with van der Waals surface area (Å²) in [5.41, 5.74) is -1.66. The number of hydrogen-bond acceptors (Lipinski definition) is 3. The van der Waals surface area contributed by atoms with E-state index in [1.807, 2.05) is 13.8 Å². The summed E-state index contributed by atoms with van der Waals surface area (Å²) >= 11 is 0. The molecular weight excluding hydrogens is 204 g/mol. The van der Waals surface area contributed by atoms with E-state index in [0.29, 0.717) is 5.76 Å². The first kappa shape index (κ1) is 12.9. The highest BCUT2D eigenvalue weighted by atomic mass is 16.5. The minimum Gasteiger partial charge on any atom is -0.494 e. The van der Waals surface area contributed by atoms with Crippen molar-refractivity contribution in [2.24, 2.45) is 10.8 Å². The highest BCUT2D eigenvalue weighted by Gasteiger charge is 2.50. The van der Waals surface area contributed by atoms with Gasteiger partial charge in [-0.05, 0) is 41.5 Å². The van der Waals surface area contributed by atoms with Crippen LogP contribution in [0.4, 0.5) is 0 Å². The van der Waals surface area contributed by atoms with E-state index in [-0.39, 0.29) is 17.7 Å². The van der Waals surface area contributed by atoms with E-state index in [9.17, 15) is 9.59 Å². The van der Waals surface area contributed by atoms with Crippen molar-refractivity contribution in [3.8, 4) is 0 Å². The standard InChI is InChI=1S/C13H20O3/c1-8(2)16-10-7-9(14)12(3,4)11(15)13(10,5)6/h7-8H,1-6H3. The second kappa shape index (κ2) is 3.72. The summed E-state index contributed by atoms with van der Waals surface area (Å²) in [4.78, 5) is 24.1. The van der Waals surface area contributed by atoms with Crippen LogP contribution in [0.2, 0.25) is 0 Å². The van der Waals surface area contributed by atoms with Crippen LogP contribution in [0.5, 0.6) is 0 Å². The van der Waals surface area contributed by atoms with Crippen LogP contribution in [0.1, 0.15) is 41.5 Å². The van der Waals surface area contributed by atoms with Crippen LogP contribution in [0.15, 0.2) is 11.8 Å². The molecule has 0 unspecified atom stereocenters. The third kappa shape index (κ3) is 1.91. The highest BCUT2D eigenvalue weighted by molar-refractivity contribution is 6.16. The lowest BCUT2D eigenvalue weighted by Crippen LogP contribution is -2.47. The molecule has 1 aliphatic carbocycles. The summed E-state index contributed by atoms with van der Waals surface area (Å²) < 4.78 is 5.56. The maximum absolute atomic E-state index is 12.2. The predicted molar refractivity (Wildman–Crippen MR) is 61.9 cm³/mol. The number of carbonyl (C=O) groups excluding carboxylic acids is 2. The molecule has 0 heterocycles. The van der Waals surface area contributed by atoms with Gasteiger partial charge in [-0.3, -0.25) is 9.59 Å². The van der Waals surface area contributed by atoms with Crippen LogP contribution in [0.25, 0.3) is 0 Å². The van der Waals surface area contributed by atoms with Gasteiger partial charge in [0.25, 0.3) is 0 Å². The predicted octanol–water partition coefficient (Wildman–Crippen LogP) is 2.50. The van der Waals surface area contributed by atoms with E-state index in [0.717, 1.165) is 0 Å². The zero-order valence-electron chi connectivity index (χ0n) is 10.9. The van der Waals surface area contributed by atoms with Gasteiger partial charge in [0, 0.05) is 6.08 Å². The molecule has 3 heteroatoms. The Labute approximate surface area is 96.9 Å². The minimum absolute atomic E-state index is 0.0349. The smallest absolute Gasteiger partial charge is 0.172 e. The van der Waals surface area contributed by atoms with E-state index in [2.05, 4.69) is 0 Å². The van der Waals surface area contributed by atoms with Gasteiger partial charge in [-0.1, -0.05) is 0 Å². The Balaban J connectivity index is 3.21. The van der Waals surface area contributed by atoms with Crippen molar-refractivity contribution >= 4 is 11.6 Å². The fraction of sp³-hybridized carbons (Fsp3) is 0.692. The largest absolute Gasteiger partial charge is 0.494 e. The SMILES string of the molecule is CC(C)OC1=CC(=O)C(C)(C)C(=O)C1(C)C. The maximum atomic E-state index is 12.2. The third-order valence-corrected chi connectivity index (χ3v) is 2.99. The summed E-state index contributed by atoms with van der Waals surface area (Å²) in [5, 5.41) is 0. The molecule has 0 radical (unpaired) electrons. The van der Waals surface area contributed by atoms with Gasteiger partial charge in [-0.15, -0.1) is 0 Å². The van der Waals surface area contributed by atoms with Crippen LogP contribution >= 0.6 is 0 Å². The van der Waals surface area contributed by atoms with Gasteiger partial charge in [-0.25, -0.2) is 0 Å². The molecule has 1 rings (SSSR count). The van der Waals surface area contributed by atoms with Crippen molar-refractivity contribution in [3.05, 3.63) is 11.8 Å². The quantitative estimate of drug-likeness (QED) is 0.677. The molecule has 3 nitrogen and oxygen atoms in total. The molecule has 0 amide bonds. The van der Waals surface area contributed by atoms with Crippen LogP contribution in [0, 0.1) is 10.8 Å². The van der Waals surface area contributed by atoms with Gasteiger partial charge in [0.1, 0.15) is 5.76 Å². The maximum Gasteiger partial charge on any atom is 0.172 e. The molecule has 1 aliphatic rings. The van der Waals surface area contributed by atoms with Gasteiger partial charge in [0.15, 0.2) is 11.6 Å². The van der Waals surface area contributed by atoms with Crippen molar-refractivity contribution in [3.63, 3.8) is 0 Å². The Morgan fingerprint density at radius 2 is 1.56 bits per heavy atom. The van der Waals surface area contributed by atoms with Gasteiger partial charge >= 0.3 is 0 Å². The van der Waals surface area contributed by atoms with Gasteiger partial charge in [-0.2, -0.15) is 0 Å². The summed E-state index contributed by atoms with van der Waals surface area (Å²) in [7, 11) is 0. The Morgan fingerprint density at radius 1 is 1.06 bits per heavy atom. The van der Waals surface area contributed by atoms with E-state index in [1.54, 1.807) is 27.7 Å². The summed E-state index contributed by atoms with van der Waals surface area (Å²) in [5.74, 6) is 0.229. The second-order valence-corrected chi connectivity index (χ2v) is 5.62. The highest BCUT2D eigenvalue weighted by Crippen LogP contribution is 2.41. The fourth-order valence-electron chi connectivity index (χ4n) is 1.92. The molecule has 0 aliphatic heterocycles. The van der Waals surface area contributed by atoms with Crippen molar-refractivity contribution in [1.29, 1.82) is 0 Å². The lowest BCUT2D eigenvalue weighted by atomic mass is 9.66. The topological polar surface area (TPSA) is 43.4 Å². The molecule has 0 N–H and O–H groups in total. The van der Waals surface area contributed by atoms with Crippen molar-refractivity contribution in [2.75, 3.05) is 0 Å². The van der Waals surface area contributed by atoms with E-state index < -0.39 is 10.8 Å². The number of hydrogen-bond donors (Lipinski definition) is 0. The zero-order valence-corrected chi connectivity index (χ0v) is 10.9. The first-order chi connectivity index (χ1) is 7.10. The monoisotopic (exact) mass is 224 g/mol. The third-order valence-electron chi connectivity index (χ3n) is 2.99. The summed E-state index contributed by atoms with van der Waals surface area (Å²) in [6.45, 7) is 10.7. The number of Topliss-reactive ketones (excluding diaryl/α,β-unsaturated/α-hetero) is 1. The van der Waals surface area contributed by atoms with Crippen LogP contribution in [0.3, 0.4) is 0 Å². The number of ketones is 2. The van der Waals surface area contributed by atoms with Crippen molar-refractivity contribution in [2.45, 2.75) is 47.6 Å². The second-order valence-electron chi connectivity index (χ2n) is 5.62. The van der Waals surface area contributed by atoms with E-state index in [4.69, 9.17) is 4.74 Å². The number of ether oxygens (including phenoxy) is 1. The molecule has 0 fully saturated rings. The number of allylic oxidation sites excluding steroid dienone is 2. The molecule has 0 atom stereocenters. The average Bonchev–Trinajstić information content (AvgIpc) is 2.12. The molecule has 90 valence electrons. The molecule has 16 heavy (non-hydrogen) atoms. The van der Waals surface area contributed by atoms with Crippen molar-refractivity contribution < 1.29 is 14.3 Å². The van der Waals surface area contributed by atoms with Crippen LogP contribution < -0.4 is 0 Å². The average molecular weight is 224 g/mol. The Bertz CT molecular complexity index is 359. The van der Waals surface area contributed by atoms with Gasteiger partial charge in [0.05, 0.1) is 16.9 Å². The first-order valence-corrected chi connectivity index (χ1v) is 5.58. The summed E-state index contributed by atoms with van der Waals surface area (Å²) in [6.07, 6.45) is 1.44. The molecule has 0 aromatic rings. The molecule has 0 aromatic heterocycles. The van der Waals surface area contributed by atoms with E-state index in [1.165, 1.54) is 6.08 Å². The van der Waals surface area contributed by atoms with Gasteiger partial charge < -0.3 is 4.74 Å². The summed E-state index contributed by atoms with van der Waals surface area (Å²) in [6, 6.07) is 0. The Morgan fingerprint density at radius 3 is 2.00 bits per heavy atom. The molecular formula is C13H20O3. The number of carbonyl (C=O) groups is 2. The minimum atomic E-state index is -0.937. The first-order valence-electron chi connectivity index (χ1n) is 5.58. The van der Waals surface area contributed by atoms with Crippen molar-refractivity contribution in [1.82, 2.24) is 0 Å². The normalized spacial score (nSPS) is 23.3. The lowest BCUT2D eigenvalue weighted by Gasteiger charge is -2.38. The van der Waals surface area contributed by atoms with Crippen LogP contribution in [-0.4, -0.2) is 17.7 Å². The fourth-order valence-corrected chi connectivity index (χ4v) is 1.92. The molecule has 0 aromatic carbocycles. The molecule has 0 spiro atoms. The Kier molecular flexibility index (Phi) is 3.01. The zero-order chi connectivity index (χ0) is 12.7. The molecule has 0 saturated heterocycles. The lowest BCUT2D eigenvalue weighted by molar-refractivity contribution is -0.144.